The van der Waals surface area contributed by atoms with Crippen molar-refractivity contribution < 1.29 is 9.18 Å². The minimum Gasteiger partial charge on any atom is -0.325 e. The van der Waals surface area contributed by atoms with E-state index in [9.17, 15) is 9.18 Å². The number of hydrogen-bond donors (Lipinski definition) is 1. The molecule has 0 aromatic heterocycles. The van der Waals surface area contributed by atoms with Crippen LogP contribution in [0, 0.1) is 11.7 Å². The van der Waals surface area contributed by atoms with Crippen molar-refractivity contribution in [2.45, 2.75) is 25.8 Å². The topological polar surface area (TPSA) is 32.3 Å². The Morgan fingerprint density at radius 1 is 1.56 bits per heavy atom. The van der Waals surface area contributed by atoms with Gasteiger partial charge < -0.3 is 5.32 Å². The zero-order chi connectivity index (χ0) is 13.1. The van der Waals surface area contributed by atoms with E-state index in [-0.39, 0.29) is 11.7 Å². The first-order valence-corrected chi connectivity index (χ1v) is 6.32. The van der Waals surface area contributed by atoms with E-state index in [1.807, 2.05) is 11.9 Å². The minimum atomic E-state index is -0.340. The third kappa shape index (κ3) is 3.53. The number of likely N-dealkylation sites (N-methyl/N-ethyl adjacent to an activating group) is 1. The number of anilines is 1. The first kappa shape index (κ1) is 13.0. The summed E-state index contributed by atoms with van der Waals surface area (Å²) in [6.45, 7) is 2.49. The molecule has 1 saturated carbocycles. The van der Waals surface area contributed by atoms with Gasteiger partial charge in [0.2, 0.25) is 5.91 Å². The van der Waals surface area contributed by atoms with Crippen molar-refractivity contribution in [3.63, 3.8) is 0 Å². The van der Waals surface area contributed by atoms with E-state index in [0.29, 0.717) is 18.3 Å². The fourth-order valence-electron chi connectivity index (χ4n) is 2.08. The number of halogens is 1. The van der Waals surface area contributed by atoms with E-state index < -0.39 is 0 Å². The van der Waals surface area contributed by atoms with E-state index in [2.05, 4.69) is 12.2 Å². The highest BCUT2D eigenvalue weighted by molar-refractivity contribution is 5.92. The molecule has 1 N–H and O–H groups in total. The summed E-state index contributed by atoms with van der Waals surface area (Å²) >= 11 is 0. The van der Waals surface area contributed by atoms with Gasteiger partial charge in [-0.15, -0.1) is 0 Å². The smallest absolute Gasteiger partial charge is 0.238 e. The second-order valence-corrected chi connectivity index (χ2v) is 5.05. The van der Waals surface area contributed by atoms with Crippen LogP contribution in [-0.4, -0.2) is 30.4 Å². The summed E-state index contributed by atoms with van der Waals surface area (Å²) in [5.74, 6) is 0.292. The van der Waals surface area contributed by atoms with Crippen LogP contribution < -0.4 is 5.32 Å². The lowest BCUT2D eigenvalue weighted by molar-refractivity contribution is -0.117. The molecule has 0 saturated heterocycles. The van der Waals surface area contributed by atoms with Crippen molar-refractivity contribution in [3.05, 3.63) is 30.1 Å². The summed E-state index contributed by atoms with van der Waals surface area (Å²) in [4.78, 5) is 13.9. The van der Waals surface area contributed by atoms with Crippen molar-refractivity contribution in [2.24, 2.45) is 5.92 Å². The molecule has 98 valence electrons. The lowest BCUT2D eigenvalue weighted by atomic mass is 10.2. The van der Waals surface area contributed by atoms with Gasteiger partial charge in [-0.2, -0.15) is 0 Å². The van der Waals surface area contributed by atoms with Crippen molar-refractivity contribution in [2.75, 3.05) is 18.9 Å². The molecule has 3 nitrogen and oxygen atoms in total. The predicted molar refractivity (Wildman–Crippen MR) is 69.8 cm³/mol. The molecule has 0 spiro atoms. The van der Waals surface area contributed by atoms with Crippen molar-refractivity contribution in [1.82, 2.24) is 4.90 Å². The lowest BCUT2D eigenvalue weighted by Gasteiger charge is -2.23. The van der Waals surface area contributed by atoms with E-state index in [4.69, 9.17) is 0 Å². The number of carbonyl (C=O) groups is 1. The van der Waals surface area contributed by atoms with E-state index in [0.717, 1.165) is 5.92 Å². The van der Waals surface area contributed by atoms with Crippen molar-refractivity contribution >= 4 is 11.6 Å². The Labute approximate surface area is 107 Å². The highest BCUT2D eigenvalue weighted by Gasteiger charge is 2.30. The molecular formula is C14H19FN2O. The Morgan fingerprint density at radius 3 is 2.89 bits per heavy atom. The van der Waals surface area contributed by atoms with Crippen LogP contribution in [0.25, 0.3) is 0 Å². The molecule has 1 amide bonds. The van der Waals surface area contributed by atoms with Crippen LogP contribution in [0.3, 0.4) is 0 Å². The van der Waals surface area contributed by atoms with Crippen LogP contribution in [0.1, 0.15) is 19.8 Å². The van der Waals surface area contributed by atoms with Crippen LogP contribution in [0.5, 0.6) is 0 Å². The normalized spacial score (nSPS) is 16.7. The zero-order valence-electron chi connectivity index (χ0n) is 10.8. The van der Waals surface area contributed by atoms with Crippen molar-refractivity contribution in [3.8, 4) is 0 Å². The standard InChI is InChI=1S/C14H19FN2O/c1-10(11-6-7-11)17(2)9-14(18)16-13-5-3-4-12(15)8-13/h3-5,8,10-11H,6-7,9H2,1-2H3,(H,16,18)/t10-/m1/s1. The minimum absolute atomic E-state index is 0.101. The van der Waals surface area contributed by atoms with Gasteiger partial charge in [-0.3, -0.25) is 9.69 Å². The maximum absolute atomic E-state index is 13.0. The Bertz CT molecular complexity index is 432. The molecule has 1 aliphatic rings. The molecule has 4 heteroatoms. The third-order valence-electron chi connectivity index (χ3n) is 3.50. The third-order valence-corrected chi connectivity index (χ3v) is 3.50. The quantitative estimate of drug-likeness (QED) is 0.870. The Morgan fingerprint density at radius 2 is 2.28 bits per heavy atom. The zero-order valence-corrected chi connectivity index (χ0v) is 10.8. The molecule has 1 aromatic rings. The Kier molecular flexibility index (Phi) is 3.97. The maximum atomic E-state index is 13.0. The number of benzene rings is 1. The molecule has 0 aliphatic heterocycles. The largest absolute Gasteiger partial charge is 0.325 e. The summed E-state index contributed by atoms with van der Waals surface area (Å²) in [5, 5.41) is 2.71. The number of nitrogens with one attached hydrogen (secondary N) is 1. The summed E-state index contributed by atoms with van der Waals surface area (Å²) in [5.41, 5.74) is 0.507. The number of nitrogens with zero attached hydrogens (tertiary/aromatic N) is 1. The van der Waals surface area contributed by atoms with Gasteiger partial charge in [0.05, 0.1) is 6.54 Å². The summed E-state index contributed by atoms with van der Waals surface area (Å²) in [6, 6.07) is 6.38. The summed E-state index contributed by atoms with van der Waals surface area (Å²) in [7, 11) is 1.95. The number of amides is 1. The molecular weight excluding hydrogens is 231 g/mol. The van der Waals surface area contributed by atoms with Gasteiger partial charge in [0.15, 0.2) is 0 Å². The first-order chi connectivity index (χ1) is 8.56. The highest BCUT2D eigenvalue weighted by Crippen LogP contribution is 2.34. The van der Waals surface area contributed by atoms with E-state index in [1.165, 1.54) is 25.0 Å². The van der Waals surface area contributed by atoms with E-state index >= 15 is 0 Å². The number of hydrogen-bond acceptors (Lipinski definition) is 2. The van der Waals surface area contributed by atoms with Gasteiger partial charge in [0, 0.05) is 11.7 Å². The average Bonchev–Trinajstić information content (AvgIpc) is 3.11. The molecule has 1 atom stereocenters. The Hall–Kier alpha value is -1.42. The first-order valence-electron chi connectivity index (χ1n) is 6.32. The van der Waals surface area contributed by atoms with Crippen LogP contribution in [-0.2, 0) is 4.79 Å². The molecule has 2 rings (SSSR count). The summed E-state index contributed by atoms with van der Waals surface area (Å²) in [6.07, 6.45) is 2.52. The summed E-state index contributed by atoms with van der Waals surface area (Å²) < 4.78 is 13.0. The predicted octanol–water partition coefficient (Wildman–Crippen LogP) is 2.49. The average molecular weight is 250 g/mol. The van der Waals surface area contributed by atoms with Gasteiger partial charge in [-0.25, -0.2) is 4.39 Å². The second-order valence-electron chi connectivity index (χ2n) is 5.05. The fourth-order valence-corrected chi connectivity index (χ4v) is 2.08. The van der Waals surface area contributed by atoms with Gasteiger partial charge in [-0.05, 0) is 50.9 Å². The maximum Gasteiger partial charge on any atom is 0.238 e. The number of rotatable bonds is 5. The molecule has 0 unspecified atom stereocenters. The molecule has 1 aliphatic carbocycles. The van der Waals surface area contributed by atoms with Gasteiger partial charge in [-0.1, -0.05) is 6.07 Å². The molecule has 0 bridgehead atoms. The molecule has 0 radical (unpaired) electrons. The van der Waals surface area contributed by atoms with Crippen LogP contribution in [0.4, 0.5) is 10.1 Å². The lowest BCUT2D eigenvalue weighted by Crippen LogP contribution is -2.37. The second kappa shape index (κ2) is 5.48. The van der Waals surface area contributed by atoms with E-state index in [1.54, 1.807) is 12.1 Å². The van der Waals surface area contributed by atoms with Gasteiger partial charge >= 0.3 is 0 Å². The molecule has 18 heavy (non-hydrogen) atoms. The monoisotopic (exact) mass is 250 g/mol. The van der Waals surface area contributed by atoms with Crippen molar-refractivity contribution in [1.29, 1.82) is 0 Å². The van der Waals surface area contributed by atoms with Crippen LogP contribution in [0.2, 0.25) is 0 Å². The van der Waals surface area contributed by atoms with Crippen LogP contribution in [0.15, 0.2) is 24.3 Å². The van der Waals surface area contributed by atoms with Crippen LogP contribution >= 0.6 is 0 Å². The SMILES string of the molecule is C[C@H](C1CC1)N(C)CC(=O)Nc1cccc(F)c1. The fraction of sp³-hybridized carbons (Fsp3) is 0.500. The highest BCUT2D eigenvalue weighted by atomic mass is 19.1. The molecule has 1 aromatic carbocycles. The number of carbonyl (C=O) groups excluding carboxylic acids is 1. The molecule has 0 heterocycles. The Balaban J connectivity index is 1.84. The molecule has 1 fully saturated rings. The van der Waals surface area contributed by atoms with Gasteiger partial charge in [0.25, 0.3) is 0 Å². The van der Waals surface area contributed by atoms with Gasteiger partial charge in [0.1, 0.15) is 5.82 Å².